The van der Waals surface area contributed by atoms with Crippen LogP contribution in [0.5, 0.6) is 0 Å². The Kier molecular flexibility index (Phi) is 5.44. The van der Waals surface area contributed by atoms with E-state index < -0.39 is 18.5 Å². The van der Waals surface area contributed by atoms with E-state index >= 15 is 0 Å². The second-order valence-electron chi connectivity index (χ2n) is 3.92. The van der Waals surface area contributed by atoms with E-state index in [9.17, 15) is 17.6 Å². The van der Waals surface area contributed by atoms with Crippen LogP contribution in [0.25, 0.3) is 0 Å². The van der Waals surface area contributed by atoms with Gasteiger partial charge in [-0.25, -0.2) is 4.39 Å². The molecule has 0 saturated carbocycles. The Balaban J connectivity index is 3.12. The van der Waals surface area contributed by atoms with Gasteiger partial charge >= 0.3 is 6.18 Å². The maximum atomic E-state index is 13.8. The van der Waals surface area contributed by atoms with Crippen LogP contribution in [-0.4, -0.2) is 19.3 Å². The van der Waals surface area contributed by atoms with Crippen molar-refractivity contribution in [2.24, 2.45) is 0 Å². The van der Waals surface area contributed by atoms with Gasteiger partial charge in [-0.2, -0.15) is 13.2 Å². The molecule has 0 saturated heterocycles. The van der Waals surface area contributed by atoms with Crippen molar-refractivity contribution in [2.75, 3.05) is 18.0 Å². The molecule has 0 atom stereocenters. The number of benzene rings is 1. The molecular weight excluding hydrogens is 314 g/mol. The number of hydrogen-bond acceptors (Lipinski definition) is 1. The summed E-state index contributed by atoms with van der Waals surface area (Å²) in [6, 6.07) is 4.29. The van der Waals surface area contributed by atoms with Crippen LogP contribution < -0.4 is 4.90 Å². The van der Waals surface area contributed by atoms with E-state index in [1.807, 2.05) is 0 Å². The molecule has 0 spiro atoms. The number of halogens is 5. The molecule has 0 aliphatic heterocycles. The quantitative estimate of drug-likeness (QED) is 0.568. The van der Waals surface area contributed by atoms with Crippen LogP contribution in [0.4, 0.5) is 23.2 Å². The Bertz CT molecular complexity index is 392. The zero-order valence-corrected chi connectivity index (χ0v) is 11.5. The molecule has 0 unspecified atom stereocenters. The molecular formula is C12H14BrF4N. The fraction of sp³-hybridized carbons (Fsp3) is 0.500. The Morgan fingerprint density at radius 2 is 1.94 bits per heavy atom. The summed E-state index contributed by atoms with van der Waals surface area (Å²) in [5, 5.41) is 0.318. The third-order valence-corrected chi connectivity index (χ3v) is 3.00. The second kappa shape index (κ2) is 6.41. The van der Waals surface area contributed by atoms with Crippen molar-refractivity contribution < 1.29 is 17.6 Å². The van der Waals surface area contributed by atoms with Gasteiger partial charge in [-0.3, -0.25) is 0 Å². The van der Waals surface area contributed by atoms with E-state index in [1.165, 1.54) is 12.1 Å². The minimum Gasteiger partial charge on any atom is -0.360 e. The van der Waals surface area contributed by atoms with E-state index in [0.717, 1.165) is 4.90 Å². The minimum absolute atomic E-state index is 0.0357. The molecule has 0 aliphatic carbocycles. The number of para-hydroxylation sites is 1. The summed E-state index contributed by atoms with van der Waals surface area (Å²) in [5.74, 6) is -0.621. The summed E-state index contributed by atoms with van der Waals surface area (Å²) in [7, 11) is 0. The Labute approximate surface area is 112 Å². The van der Waals surface area contributed by atoms with Crippen molar-refractivity contribution in [3.05, 3.63) is 29.6 Å². The number of nitrogens with zero attached hydrogens (tertiary/aromatic N) is 1. The van der Waals surface area contributed by atoms with E-state index in [-0.39, 0.29) is 12.2 Å². The molecule has 0 aromatic heterocycles. The van der Waals surface area contributed by atoms with Crippen LogP contribution in [0.3, 0.4) is 0 Å². The largest absolute Gasteiger partial charge is 0.405 e. The molecule has 0 N–H and O–H groups in total. The van der Waals surface area contributed by atoms with Crippen molar-refractivity contribution in [3.63, 3.8) is 0 Å². The normalized spacial score (nSPS) is 11.7. The van der Waals surface area contributed by atoms with Gasteiger partial charge in [0.25, 0.3) is 0 Å². The topological polar surface area (TPSA) is 3.24 Å². The Morgan fingerprint density at radius 3 is 2.44 bits per heavy atom. The van der Waals surface area contributed by atoms with E-state index in [4.69, 9.17) is 0 Å². The lowest BCUT2D eigenvalue weighted by atomic mass is 10.1. The minimum atomic E-state index is -4.35. The first-order valence-corrected chi connectivity index (χ1v) is 6.66. The standard InChI is InChI=1S/C12H14BrF4N/c1-2-6-18(8-12(15,16)17)11-9(7-13)4-3-5-10(11)14/h3-5H,2,6-8H2,1H3. The van der Waals surface area contributed by atoms with Gasteiger partial charge in [0.05, 0.1) is 5.69 Å². The summed E-state index contributed by atoms with van der Waals surface area (Å²) in [6.45, 7) is 0.792. The lowest BCUT2D eigenvalue weighted by Gasteiger charge is -2.27. The first-order chi connectivity index (χ1) is 8.39. The van der Waals surface area contributed by atoms with Crippen LogP contribution in [0.1, 0.15) is 18.9 Å². The Hall–Kier alpha value is -0.780. The lowest BCUT2D eigenvalue weighted by molar-refractivity contribution is -0.119. The average Bonchev–Trinajstić information content (AvgIpc) is 2.26. The van der Waals surface area contributed by atoms with Crippen LogP contribution >= 0.6 is 15.9 Å². The number of hydrogen-bond donors (Lipinski definition) is 0. The molecule has 18 heavy (non-hydrogen) atoms. The third kappa shape index (κ3) is 4.15. The highest BCUT2D eigenvalue weighted by Crippen LogP contribution is 2.29. The fourth-order valence-electron chi connectivity index (χ4n) is 1.78. The number of alkyl halides is 4. The lowest BCUT2D eigenvalue weighted by Crippen LogP contribution is -2.36. The van der Waals surface area contributed by atoms with Crippen molar-refractivity contribution in [3.8, 4) is 0 Å². The molecule has 1 aromatic carbocycles. The summed E-state index contributed by atoms with van der Waals surface area (Å²) in [4.78, 5) is 1.05. The van der Waals surface area contributed by atoms with Crippen molar-refractivity contribution in [1.29, 1.82) is 0 Å². The summed E-state index contributed by atoms with van der Waals surface area (Å²) in [6.07, 6.45) is -3.83. The van der Waals surface area contributed by atoms with Crippen LogP contribution in [0, 0.1) is 5.82 Å². The molecule has 1 aromatic rings. The van der Waals surface area contributed by atoms with Gasteiger partial charge in [0.15, 0.2) is 0 Å². The highest BCUT2D eigenvalue weighted by molar-refractivity contribution is 9.08. The van der Waals surface area contributed by atoms with Crippen molar-refractivity contribution in [1.82, 2.24) is 0 Å². The number of rotatable bonds is 5. The van der Waals surface area contributed by atoms with Gasteiger partial charge in [0, 0.05) is 11.9 Å². The summed E-state index contributed by atoms with van der Waals surface area (Å²) in [5.41, 5.74) is 0.557. The SMILES string of the molecule is CCCN(CC(F)(F)F)c1c(F)cccc1CBr. The average molecular weight is 328 g/mol. The van der Waals surface area contributed by atoms with Gasteiger partial charge < -0.3 is 4.90 Å². The molecule has 0 aliphatic rings. The van der Waals surface area contributed by atoms with Gasteiger partial charge in [-0.1, -0.05) is 35.0 Å². The maximum absolute atomic E-state index is 13.8. The van der Waals surface area contributed by atoms with Gasteiger partial charge in [-0.15, -0.1) is 0 Å². The first kappa shape index (κ1) is 15.3. The van der Waals surface area contributed by atoms with Gasteiger partial charge in [0.2, 0.25) is 0 Å². The number of anilines is 1. The summed E-state index contributed by atoms with van der Waals surface area (Å²) >= 11 is 3.17. The van der Waals surface area contributed by atoms with Crippen LogP contribution in [0.15, 0.2) is 18.2 Å². The molecule has 6 heteroatoms. The Morgan fingerprint density at radius 1 is 1.28 bits per heavy atom. The predicted molar refractivity (Wildman–Crippen MR) is 67.6 cm³/mol. The highest BCUT2D eigenvalue weighted by Gasteiger charge is 2.32. The second-order valence-corrected chi connectivity index (χ2v) is 4.48. The molecule has 0 bridgehead atoms. The molecule has 0 amide bonds. The molecule has 102 valence electrons. The molecule has 1 rings (SSSR count). The fourth-order valence-corrected chi connectivity index (χ4v) is 2.23. The summed E-state index contributed by atoms with van der Waals surface area (Å²) < 4.78 is 51.3. The zero-order valence-electron chi connectivity index (χ0n) is 9.90. The maximum Gasteiger partial charge on any atom is 0.405 e. The third-order valence-electron chi connectivity index (χ3n) is 2.39. The molecule has 1 nitrogen and oxygen atoms in total. The van der Waals surface area contributed by atoms with Gasteiger partial charge in [0.1, 0.15) is 12.4 Å². The molecule has 0 radical (unpaired) electrons. The molecule has 0 heterocycles. The monoisotopic (exact) mass is 327 g/mol. The van der Waals surface area contributed by atoms with Crippen molar-refractivity contribution >= 4 is 21.6 Å². The first-order valence-electron chi connectivity index (χ1n) is 5.54. The molecule has 0 fully saturated rings. The van der Waals surface area contributed by atoms with E-state index in [1.54, 1.807) is 13.0 Å². The highest BCUT2D eigenvalue weighted by atomic mass is 79.9. The smallest absolute Gasteiger partial charge is 0.360 e. The predicted octanol–water partition coefficient (Wildman–Crippen LogP) is 4.50. The van der Waals surface area contributed by atoms with Crippen LogP contribution in [-0.2, 0) is 5.33 Å². The van der Waals surface area contributed by atoms with Crippen LogP contribution in [0.2, 0.25) is 0 Å². The zero-order chi connectivity index (χ0) is 13.8. The van der Waals surface area contributed by atoms with Crippen molar-refractivity contribution in [2.45, 2.75) is 24.9 Å². The van der Waals surface area contributed by atoms with E-state index in [2.05, 4.69) is 15.9 Å². The van der Waals surface area contributed by atoms with E-state index in [0.29, 0.717) is 17.3 Å². The van der Waals surface area contributed by atoms with Gasteiger partial charge in [-0.05, 0) is 18.1 Å².